The summed E-state index contributed by atoms with van der Waals surface area (Å²) in [6, 6.07) is 9.20. The molecule has 0 aliphatic rings. The first kappa shape index (κ1) is 21.7. The van der Waals surface area contributed by atoms with E-state index in [1.165, 1.54) is 36.4 Å². The standard InChI is InChI=1S/C21H16ClF3O5/c1-2-3-10-28-20(27)29-12-8-9-14-16(11-12)30-19(21(23,24)25)17(18(14)26)13-6-4-5-7-15(13)22/h4-9,11H,2-3,10H2,1H3. The second-order valence-electron chi connectivity index (χ2n) is 6.32. The van der Waals surface area contributed by atoms with Crippen LogP contribution >= 0.6 is 11.6 Å². The van der Waals surface area contributed by atoms with Gasteiger partial charge in [0.25, 0.3) is 0 Å². The second-order valence-corrected chi connectivity index (χ2v) is 6.73. The Morgan fingerprint density at radius 2 is 1.90 bits per heavy atom. The van der Waals surface area contributed by atoms with Gasteiger partial charge in [-0.2, -0.15) is 13.2 Å². The van der Waals surface area contributed by atoms with Crippen molar-refractivity contribution in [2.24, 2.45) is 0 Å². The number of hydrogen-bond acceptors (Lipinski definition) is 5. The Kier molecular flexibility index (Phi) is 6.36. The lowest BCUT2D eigenvalue weighted by Gasteiger charge is -2.14. The third-order valence-electron chi connectivity index (χ3n) is 4.18. The van der Waals surface area contributed by atoms with Crippen molar-refractivity contribution in [2.45, 2.75) is 25.9 Å². The van der Waals surface area contributed by atoms with Crippen LogP contribution in [0.25, 0.3) is 22.1 Å². The van der Waals surface area contributed by atoms with Crippen LogP contribution in [-0.2, 0) is 10.9 Å². The molecule has 5 nitrogen and oxygen atoms in total. The topological polar surface area (TPSA) is 65.7 Å². The van der Waals surface area contributed by atoms with Gasteiger partial charge in [-0.3, -0.25) is 4.79 Å². The van der Waals surface area contributed by atoms with Crippen LogP contribution in [0.15, 0.2) is 51.7 Å². The zero-order chi connectivity index (χ0) is 21.9. The van der Waals surface area contributed by atoms with E-state index in [4.69, 9.17) is 25.5 Å². The second kappa shape index (κ2) is 8.79. The van der Waals surface area contributed by atoms with E-state index in [9.17, 15) is 22.8 Å². The van der Waals surface area contributed by atoms with Crippen molar-refractivity contribution in [1.29, 1.82) is 0 Å². The number of ether oxygens (including phenoxy) is 2. The maximum Gasteiger partial charge on any atom is 0.513 e. The van der Waals surface area contributed by atoms with Crippen LogP contribution in [0, 0.1) is 0 Å². The summed E-state index contributed by atoms with van der Waals surface area (Å²) in [6.07, 6.45) is -4.52. The number of unbranched alkanes of at least 4 members (excludes halogenated alkanes) is 1. The molecular weight excluding hydrogens is 425 g/mol. The molecule has 30 heavy (non-hydrogen) atoms. The number of fused-ring (bicyclic) bond motifs is 1. The van der Waals surface area contributed by atoms with Gasteiger partial charge < -0.3 is 13.9 Å². The van der Waals surface area contributed by atoms with Crippen LogP contribution in [-0.4, -0.2) is 12.8 Å². The molecule has 0 spiro atoms. The molecular formula is C21H16ClF3O5. The molecule has 0 radical (unpaired) electrons. The van der Waals surface area contributed by atoms with Gasteiger partial charge in [-0.15, -0.1) is 0 Å². The molecule has 3 aromatic rings. The van der Waals surface area contributed by atoms with Gasteiger partial charge in [0, 0.05) is 16.7 Å². The van der Waals surface area contributed by atoms with Gasteiger partial charge >= 0.3 is 12.3 Å². The summed E-state index contributed by atoms with van der Waals surface area (Å²) in [5.74, 6) is -1.61. The summed E-state index contributed by atoms with van der Waals surface area (Å²) >= 11 is 6.02. The summed E-state index contributed by atoms with van der Waals surface area (Å²) in [7, 11) is 0. The lowest BCUT2D eigenvalue weighted by atomic mass is 10.0. The largest absolute Gasteiger partial charge is 0.513 e. The summed E-state index contributed by atoms with van der Waals surface area (Å²) in [5, 5.41) is -0.144. The molecule has 0 amide bonds. The van der Waals surface area contributed by atoms with Crippen LogP contribution in [0.4, 0.5) is 18.0 Å². The van der Waals surface area contributed by atoms with E-state index < -0.39 is 29.1 Å². The number of hydrogen-bond donors (Lipinski definition) is 0. The highest BCUT2D eigenvalue weighted by atomic mass is 35.5. The average molecular weight is 441 g/mol. The van der Waals surface area contributed by atoms with Gasteiger partial charge in [0.15, 0.2) is 0 Å². The third-order valence-corrected chi connectivity index (χ3v) is 4.51. The molecule has 0 atom stereocenters. The molecule has 3 rings (SSSR count). The highest BCUT2D eigenvalue weighted by molar-refractivity contribution is 6.33. The van der Waals surface area contributed by atoms with Crippen LogP contribution in [0.2, 0.25) is 5.02 Å². The monoisotopic (exact) mass is 440 g/mol. The molecule has 0 unspecified atom stereocenters. The van der Waals surface area contributed by atoms with E-state index in [1.807, 2.05) is 6.92 Å². The molecule has 2 aromatic carbocycles. The molecule has 1 heterocycles. The maximum atomic E-state index is 13.7. The molecule has 0 aliphatic heterocycles. The Hall–Kier alpha value is -3.00. The minimum Gasteiger partial charge on any atom is -0.450 e. The minimum absolute atomic E-state index is 0.0237. The predicted molar refractivity (Wildman–Crippen MR) is 105 cm³/mol. The number of alkyl halides is 3. The zero-order valence-corrected chi connectivity index (χ0v) is 16.5. The van der Waals surface area contributed by atoms with Crippen molar-refractivity contribution in [3.05, 3.63) is 63.5 Å². The van der Waals surface area contributed by atoms with E-state index in [1.54, 1.807) is 0 Å². The SMILES string of the molecule is CCCCOC(=O)Oc1ccc2c(=O)c(-c3ccccc3Cl)c(C(F)(F)F)oc2c1. The van der Waals surface area contributed by atoms with Crippen LogP contribution in [0.3, 0.4) is 0 Å². The lowest BCUT2D eigenvalue weighted by Crippen LogP contribution is -2.16. The Labute approximate surface area is 174 Å². The first-order valence-electron chi connectivity index (χ1n) is 9.00. The minimum atomic E-state index is -4.96. The smallest absolute Gasteiger partial charge is 0.450 e. The fourth-order valence-corrected chi connectivity index (χ4v) is 3.00. The fraction of sp³-hybridized carbons (Fsp3) is 0.238. The van der Waals surface area contributed by atoms with Crippen molar-refractivity contribution in [2.75, 3.05) is 6.61 Å². The molecule has 1 aromatic heterocycles. The lowest BCUT2D eigenvalue weighted by molar-refractivity contribution is -0.152. The fourth-order valence-electron chi connectivity index (χ4n) is 2.77. The first-order valence-corrected chi connectivity index (χ1v) is 9.37. The molecule has 9 heteroatoms. The number of rotatable bonds is 5. The van der Waals surface area contributed by atoms with Gasteiger partial charge in [-0.1, -0.05) is 43.1 Å². The van der Waals surface area contributed by atoms with E-state index in [0.717, 1.165) is 12.5 Å². The Balaban J connectivity index is 2.10. The number of halogens is 4. The van der Waals surface area contributed by atoms with Crippen molar-refractivity contribution in [3.8, 4) is 16.9 Å². The number of carbonyl (C=O) groups is 1. The van der Waals surface area contributed by atoms with Crippen LogP contribution < -0.4 is 10.2 Å². The highest BCUT2D eigenvalue weighted by Gasteiger charge is 2.39. The summed E-state index contributed by atoms with van der Waals surface area (Å²) < 4.78 is 55.9. The van der Waals surface area contributed by atoms with Crippen LogP contribution in [0.1, 0.15) is 25.5 Å². The van der Waals surface area contributed by atoms with Crippen molar-refractivity contribution in [3.63, 3.8) is 0 Å². The number of benzene rings is 2. The summed E-state index contributed by atoms with van der Waals surface area (Å²) in [5.41, 5.74) is -2.08. The zero-order valence-electron chi connectivity index (χ0n) is 15.7. The Morgan fingerprint density at radius 1 is 1.17 bits per heavy atom. The van der Waals surface area contributed by atoms with Gasteiger partial charge in [-0.05, 0) is 24.6 Å². The summed E-state index contributed by atoms with van der Waals surface area (Å²) in [6.45, 7) is 2.06. The molecule has 158 valence electrons. The molecule has 0 aliphatic carbocycles. The molecule has 0 saturated heterocycles. The van der Waals surface area contributed by atoms with E-state index >= 15 is 0 Å². The van der Waals surface area contributed by atoms with E-state index in [-0.39, 0.29) is 33.9 Å². The first-order chi connectivity index (χ1) is 14.2. The Bertz CT molecular complexity index is 1140. The number of carbonyl (C=O) groups excluding carboxylic acids is 1. The van der Waals surface area contributed by atoms with Gasteiger partial charge in [0.1, 0.15) is 11.3 Å². The third kappa shape index (κ3) is 4.59. The summed E-state index contributed by atoms with van der Waals surface area (Å²) in [4.78, 5) is 24.6. The van der Waals surface area contributed by atoms with Crippen molar-refractivity contribution >= 4 is 28.7 Å². The Morgan fingerprint density at radius 3 is 2.57 bits per heavy atom. The van der Waals surface area contributed by atoms with Crippen molar-refractivity contribution in [1.82, 2.24) is 0 Å². The normalized spacial score (nSPS) is 11.5. The quantitative estimate of drug-likeness (QED) is 0.259. The predicted octanol–water partition coefficient (Wildman–Crippen LogP) is 6.45. The average Bonchev–Trinajstić information content (AvgIpc) is 2.68. The molecule has 0 bridgehead atoms. The molecule has 0 fully saturated rings. The van der Waals surface area contributed by atoms with Gasteiger partial charge in [-0.25, -0.2) is 4.79 Å². The maximum absolute atomic E-state index is 13.7. The molecule has 0 saturated carbocycles. The molecule has 0 N–H and O–H groups in total. The van der Waals surface area contributed by atoms with Crippen molar-refractivity contribution < 1.29 is 31.9 Å². The van der Waals surface area contributed by atoms with E-state index in [2.05, 4.69) is 0 Å². The highest BCUT2D eigenvalue weighted by Crippen LogP contribution is 2.39. The van der Waals surface area contributed by atoms with Gasteiger partial charge in [0.05, 0.1) is 17.6 Å². The van der Waals surface area contributed by atoms with E-state index in [0.29, 0.717) is 6.42 Å². The van der Waals surface area contributed by atoms with Crippen LogP contribution in [0.5, 0.6) is 5.75 Å². The van der Waals surface area contributed by atoms with Gasteiger partial charge in [0.2, 0.25) is 11.2 Å².